The number of nitrogens with one attached hydrogen (secondary N) is 2. The Bertz CT molecular complexity index is 901. The first-order valence-corrected chi connectivity index (χ1v) is 8.63. The van der Waals surface area contributed by atoms with Crippen molar-refractivity contribution in [2.75, 3.05) is 5.32 Å². The average Bonchev–Trinajstić information content (AvgIpc) is 2.51. The van der Waals surface area contributed by atoms with Crippen LogP contribution >= 0.6 is 0 Å². The number of hydrogen-bond donors (Lipinski definition) is 4. The van der Waals surface area contributed by atoms with Gasteiger partial charge in [0.2, 0.25) is 5.91 Å². The van der Waals surface area contributed by atoms with E-state index in [0.29, 0.717) is 11.3 Å². The monoisotopic (exact) mass is 363 g/mol. The van der Waals surface area contributed by atoms with E-state index in [1.807, 2.05) is 0 Å². The molecule has 132 valence electrons. The molecule has 0 unspecified atom stereocenters. The number of anilines is 1. The fourth-order valence-corrected chi connectivity index (χ4v) is 2.83. The minimum atomic E-state index is -3.90. The third-order valence-electron chi connectivity index (χ3n) is 3.14. The maximum atomic E-state index is 12.2. The van der Waals surface area contributed by atoms with Crippen LogP contribution in [0.2, 0.25) is 0 Å². The molecule has 4 N–H and O–H groups in total. The first-order valence-electron chi connectivity index (χ1n) is 7.14. The van der Waals surface area contributed by atoms with Gasteiger partial charge in [0.1, 0.15) is 11.5 Å². The van der Waals surface area contributed by atoms with Gasteiger partial charge in [-0.05, 0) is 43.3 Å². The highest BCUT2D eigenvalue weighted by molar-refractivity contribution is 7.89. The topological polar surface area (TPSA) is 128 Å². The quantitative estimate of drug-likeness (QED) is 0.475. The summed E-state index contributed by atoms with van der Waals surface area (Å²) < 4.78 is 24.5. The Morgan fingerprint density at radius 2 is 1.56 bits per heavy atom. The van der Waals surface area contributed by atoms with Crippen molar-refractivity contribution in [1.29, 1.82) is 0 Å². The number of hydrogen-bond acceptors (Lipinski definition) is 6. The lowest BCUT2D eigenvalue weighted by Gasteiger charge is -2.07. The molecule has 0 atom stereocenters. The van der Waals surface area contributed by atoms with Gasteiger partial charge in [-0.15, -0.1) is 0 Å². The molecule has 0 aliphatic carbocycles. The molecule has 0 aliphatic rings. The number of rotatable bonds is 5. The molecule has 2 rings (SSSR count). The number of sulfonamides is 1. The van der Waals surface area contributed by atoms with E-state index in [9.17, 15) is 23.4 Å². The molecule has 0 bridgehead atoms. The van der Waals surface area contributed by atoms with Gasteiger partial charge in [-0.2, -0.15) is 18.4 Å². The fraction of sp³-hybridized carbons (Fsp3) is 0.125. The Labute approximate surface area is 144 Å². The van der Waals surface area contributed by atoms with E-state index in [4.69, 9.17) is 0 Å². The lowest BCUT2D eigenvalue weighted by molar-refractivity contribution is -0.114. The molecule has 8 nitrogen and oxygen atoms in total. The summed E-state index contributed by atoms with van der Waals surface area (Å²) in [5.74, 6) is -0.592. The number of nitrogens with zero attached hydrogens (tertiary/aromatic N) is 1. The SMILES string of the molecule is CC(=O)Nc1ccc(S(=O)(=O)N/N=C(\C)c2cc(O)cc(O)c2)cc1. The van der Waals surface area contributed by atoms with Crippen LogP contribution in [0.4, 0.5) is 5.69 Å². The van der Waals surface area contributed by atoms with Crippen LogP contribution in [0.3, 0.4) is 0 Å². The average molecular weight is 363 g/mol. The van der Waals surface area contributed by atoms with Gasteiger partial charge in [0.05, 0.1) is 10.6 Å². The smallest absolute Gasteiger partial charge is 0.276 e. The highest BCUT2D eigenvalue weighted by Gasteiger charge is 2.13. The minimum Gasteiger partial charge on any atom is -0.508 e. The lowest BCUT2D eigenvalue weighted by Crippen LogP contribution is -2.20. The molecule has 25 heavy (non-hydrogen) atoms. The second-order valence-electron chi connectivity index (χ2n) is 5.24. The molecule has 0 aromatic heterocycles. The molecule has 0 saturated heterocycles. The summed E-state index contributed by atoms with van der Waals surface area (Å²) in [6.07, 6.45) is 0. The van der Waals surface area contributed by atoms with Crippen molar-refractivity contribution in [3.63, 3.8) is 0 Å². The zero-order valence-corrected chi connectivity index (χ0v) is 14.3. The minimum absolute atomic E-state index is 0.0306. The maximum absolute atomic E-state index is 12.2. The standard InChI is InChI=1S/C16H17N3O5S/c1-10(12-7-14(21)9-15(22)8-12)18-19-25(23,24)16-5-3-13(4-6-16)17-11(2)20/h3-9,19,21-22H,1-2H3,(H,17,20)/b18-10+. The number of benzene rings is 2. The van der Waals surface area contributed by atoms with Gasteiger partial charge in [0.25, 0.3) is 10.0 Å². The molecule has 2 aromatic rings. The van der Waals surface area contributed by atoms with Crippen molar-refractivity contribution in [2.45, 2.75) is 18.7 Å². The molecule has 9 heteroatoms. The van der Waals surface area contributed by atoms with Gasteiger partial charge in [-0.3, -0.25) is 4.79 Å². The van der Waals surface area contributed by atoms with Crippen molar-refractivity contribution < 1.29 is 23.4 Å². The number of amides is 1. The van der Waals surface area contributed by atoms with E-state index >= 15 is 0 Å². The Balaban J connectivity index is 2.18. The number of carbonyl (C=O) groups is 1. The maximum Gasteiger partial charge on any atom is 0.276 e. The van der Waals surface area contributed by atoms with Crippen LogP contribution < -0.4 is 10.1 Å². The number of carbonyl (C=O) groups excluding carboxylic acids is 1. The molecular weight excluding hydrogens is 346 g/mol. The summed E-state index contributed by atoms with van der Waals surface area (Å²) in [4.78, 5) is 13.0. The summed E-state index contributed by atoms with van der Waals surface area (Å²) in [7, 11) is -3.90. The van der Waals surface area contributed by atoms with E-state index in [2.05, 4.69) is 15.2 Å². The van der Waals surface area contributed by atoms with Gasteiger partial charge in [-0.1, -0.05) is 0 Å². The molecule has 0 saturated carbocycles. The summed E-state index contributed by atoms with van der Waals surface area (Å²) in [6.45, 7) is 2.87. The lowest BCUT2D eigenvalue weighted by atomic mass is 10.1. The van der Waals surface area contributed by atoms with Crippen LogP contribution in [0.15, 0.2) is 52.5 Å². The van der Waals surface area contributed by atoms with Crippen LogP contribution in [-0.4, -0.2) is 30.2 Å². The summed E-state index contributed by atoms with van der Waals surface area (Å²) in [6, 6.07) is 9.42. The summed E-state index contributed by atoms with van der Waals surface area (Å²) in [5, 5.41) is 25.2. The third kappa shape index (κ3) is 4.95. The second-order valence-corrected chi connectivity index (χ2v) is 6.90. The van der Waals surface area contributed by atoms with Crippen molar-refractivity contribution in [1.82, 2.24) is 4.83 Å². The van der Waals surface area contributed by atoms with Crippen molar-refractivity contribution >= 4 is 27.3 Å². The van der Waals surface area contributed by atoms with Crippen LogP contribution in [0.25, 0.3) is 0 Å². The van der Waals surface area contributed by atoms with Crippen LogP contribution in [0.1, 0.15) is 19.4 Å². The Morgan fingerprint density at radius 3 is 2.08 bits per heavy atom. The zero-order chi connectivity index (χ0) is 18.6. The normalized spacial score (nSPS) is 11.8. The highest BCUT2D eigenvalue weighted by atomic mass is 32.2. The first kappa shape index (κ1) is 18.3. The van der Waals surface area contributed by atoms with Gasteiger partial charge in [-0.25, -0.2) is 0 Å². The Kier molecular flexibility index (Phi) is 5.28. The molecule has 0 heterocycles. The molecule has 0 fully saturated rings. The van der Waals surface area contributed by atoms with E-state index in [0.717, 1.165) is 6.07 Å². The number of aromatic hydroxyl groups is 2. The van der Waals surface area contributed by atoms with Crippen LogP contribution in [-0.2, 0) is 14.8 Å². The van der Waals surface area contributed by atoms with Gasteiger partial charge < -0.3 is 15.5 Å². The van der Waals surface area contributed by atoms with E-state index in [1.165, 1.54) is 50.2 Å². The predicted octanol–water partition coefficient (Wildman–Crippen LogP) is 1.76. The van der Waals surface area contributed by atoms with Gasteiger partial charge in [0.15, 0.2) is 0 Å². The van der Waals surface area contributed by atoms with E-state index in [-0.39, 0.29) is 28.0 Å². The van der Waals surface area contributed by atoms with Crippen molar-refractivity contribution in [2.24, 2.45) is 5.10 Å². The molecule has 0 radical (unpaired) electrons. The highest BCUT2D eigenvalue weighted by Crippen LogP contribution is 2.21. The molecule has 2 aromatic carbocycles. The number of hydrazone groups is 1. The fourth-order valence-electron chi connectivity index (χ4n) is 1.97. The molecular formula is C16H17N3O5S. The van der Waals surface area contributed by atoms with Crippen molar-refractivity contribution in [3.05, 3.63) is 48.0 Å². The molecule has 1 amide bonds. The van der Waals surface area contributed by atoms with Crippen LogP contribution in [0.5, 0.6) is 11.5 Å². The van der Waals surface area contributed by atoms with Crippen LogP contribution in [0, 0.1) is 0 Å². The first-order chi connectivity index (χ1) is 11.7. The van der Waals surface area contributed by atoms with Gasteiger partial charge in [0, 0.05) is 24.2 Å². The zero-order valence-electron chi connectivity index (χ0n) is 13.5. The molecule has 0 aliphatic heterocycles. The van der Waals surface area contributed by atoms with E-state index in [1.54, 1.807) is 0 Å². The Hall–Kier alpha value is -3.07. The van der Waals surface area contributed by atoms with Crippen molar-refractivity contribution in [3.8, 4) is 11.5 Å². The largest absolute Gasteiger partial charge is 0.508 e. The number of phenolic OH excluding ortho intramolecular Hbond substituents is 2. The third-order valence-corrected chi connectivity index (χ3v) is 4.36. The predicted molar refractivity (Wildman–Crippen MR) is 93.0 cm³/mol. The second kappa shape index (κ2) is 7.22. The van der Waals surface area contributed by atoms with E-state index < -0.39 is 10.0 Å². The summed E-state index contributed by atoms with van der Waals surface area (Å²) >= 11 is 0. The Morgan fingerprint density at radius 1 is 1.00 bits per heavy atom. The molecule has 0 spiro atoms. The van der Waals surface area contributed by atoms with Gasteiger partial charge >= 0.3 is 0 Å². The summed E-state index contributed by atoms with van der Waals surface area (Å²) in [5.41, 5.74) is 1.09. The number of phenols is 2.